The maximum Gasteiger partial charge on any atom is 0.255 e. The number of aromatic nitrogens is 2. The summed E-state index contributed by atoms with van der Waals surface area (Å²) in [6.45, 7) is 0.750. The van der Waals surface area contributed by atoms with Crippen molar-refractivity contribution < 1.29 is 13.7 Å². The van der Waals surface area contributed by atoms with E-state index in [1.54, 1.807) is 12.1 Å². The zero-order valence-electron chi connectivity index (χ0n) is 9.80. The number of rotatable bonds is 3. The number of hydrogen-bond donors (Lipinski definition) is 0. The lowest BCUT2D eigenvalue weighted by atomic mass is 10.1. The van der Waals surface area contributed by atoms with E-state index < -0.39 is 0 Å². The highest BCUT2D eigenvalue weighted by molar-refractivity contribution is 5.19. The van der Waals surface area contributed by atoms with Crippen LogP contribution in [0.1, 0.15) is 36.2 Å². The van der Waals surface area contributed by atoms with Crippen molar-refractivity contribution in [2.45, 2.75) is 25.4 Å². The molecule has 0 radical (unpaired) electrons. The summed E-state index contributed by atoms with van der Waals surface area (Å²) in [5, 5.41) is 3.92. The standard InChI is InChI=1S/C13H13FN2O2/c14-10-5-3-9(4-6-10)8-12-15-13(18-16-12)11-2-1-7-17-11/h3-6,11H,1-2,7-8H2/t11-/m0/s1. The first-order chi connectivity index (χ1) is 8.81. The van der Waals surface area contributed by atoms with E-state index >= 15 is 0 Å². The maximum atomic E-state index is 12.8. The molecule has 3 rings (SSSR count). The van der Waals surface area contributed by atoms with E-state index in [0.717, 1.165) is 25.0 Å². The van der Waals surface area contributed by atoms with Gasteiger partial charge in [0.05, 0.1) is 0 Å². The largest absolute Gasteiger partial charge is 0.368 e. The van der Waals surface area contributed by atoms with Crippen LogP contribution in [-0.4, -0.2) is 16.7 Å². The number of nitrogens with zero attached hydrogens (tertiary/aromatic N) is 2. The minimum atomic E-state index is -0.244. The van der Waals surface area contributed by atoms with Gasteiger partial charge in [-0.05, 0) is 30.5 Å². The Balaban J connectivity index is 1.71. The molecule has 1 aliphatic heterocycles. The Bertz CT molecular complexity index is 518. The van der Waals surface area contributed by atoms with Crippen molar-refractivity contribution in [3.05, 3.63) is 47.4 Å². The van der Waals surface area contributed by atoms with E-state index in [1.165, 1.54) is 12.1 Å². The second-order valence-corrected chi connectivity index (χ2v) is 4.35. The minimum absolute atomic E-state index is 0.0560. The highest BCUT2D eigenvalue weighted by atomic mass is 19.1. The molecule has 1 fully saturated rings. The van der Waals surface area contributed by atoms with Gasteiger partial charge in [0.25, 0.3) is 5.89 Å². The number of hydrogen-bond acceptors (Lipinski definition) is 4. The monoisotopic (exact) mass is 248 g/mol. The van der Waals surface area contributed by atoms with Gasteiger partial charge in [-0.1, -0.05) is 17.3 Å². The molecule has 94 valence electrons. The Morgan fingerprint density at radius 2 is 2.11 bits per heavy atom. The smallest absolute Gasteiger partial charge is 0.255 e. The van der Waals surface area contributed by atoms with Crippen LogP contribution in [-0.2, 0) is 11.2 Å². The highest BCUT2D eigenvalue weighted by Gasteiger charge is 2.23. The normalized spacial score (nSPS) is 19.3. The summed E-state index contributed by atoms with van der Waals surface area (Å²) in [4.78, 5) is 4.31. The molecule has 1 aliphatic rings. The molecule has 1 atom stereocenters. The third-order valence-electron chi connectivity index (χ3n) is 2.96. The summed E-state index contributed by atoms with van der Waals surface area (Å²) >= 11 is 0. The van der Waals surface area contributed by atoms with Gasteiger partial charge < -0.3 is 9.26 Å². The van der Waals surface area contributed by atoms with Crippen molar-refractivity contribution in [1.29, 1.82) is 0 Å². The Morgan fingerprint density at radius 3 is 2.83 bits per heavy atom. The lowest BCUT2D eigenvalue weighted by Crippen LogP contribution is -1.97. The van der Waals surface area contributed by atoms with Gasteiger partial charge in [-0.3, -0.25) is 0 Å². The first-order valence-electron chi connectivity index (χ1n) is 6.00. The molecule has 1 saturated heterocycles. The number of halogens is 1. The molecule has 1 aromatic carbocycles. The van der Waals surface area contributed by atoms with Crippen molar-refractivity contribution in [1.82, 2.24) is 10.1 Å². The number of benzene rings is 1. The van der Waals surface area contributed by atoms with Crippen molar-refractivity contribution in [2.24, 2.45) is 0 Å². The molecule has 2 aromatic rings. The summed E-state index contributed by atoms with van der Waals surface area (Å²) in [6, 6.07) is 6.29. The second-order valence-electron chi connectivity index (χ2n) is 4.35. The molecule has 0 aliphatic carbocycles. The predicted molar refractivity (Wildman–Crippen MR) is 61.4 cm³/mol. The summed E-state index contributed by atoms with van der Waals surface area (Å²) < 4.78 is 23.4. The molecular weight excluding hydrogens is 235 g/mol. The zero-order valence-corrected chi connectivity index (χ0v) is 9.80. The van der Waals surface area contributed by atoms with E-state index in [4.69, 9.17) is 9.26 Å². The van der Waals surface area contributed by atoms with E-state index in [2.05, 4.69) is 10.1 Å². The Kier molecular flexibility index (Phi) is 3.06. The van der Waals surface area contributed by atoms with E-state index in [9.17, 15) is 4.39 Å². The molecule has 0 saturated carbocycles. The molecule has 5 heteroatoms. The summed E-state index contributed by atoms with van der Waals surface area (Å²) in [5.41, 5.74) is 0.955. The third kappa shape index (κ3) is 2.41. The van der Waals surface area contributed by atoms with Crippen LogP contribution in [0, 0.1) is 5.82 Å². The Morgan fingerprint density at radius 1 is 1.28 bits per heavy atom. The van der Waals surface area contributed by atoms with Gasteiger partial charge in [0, 0.05) is 13.0 Å². The molecule has 0 N–H and O–H groups in total. The van der Waals surface area contributed by atoms with Crippen LogP contribution in [0.15, 0.2) is 28.8 Å². The quantitative estimate of drug-likeness (QED) is 0.837. The SMILES string of the molecule is Fc1ccc(Cc2noc([C@@H]3CCCO3)n2)cc1. The van der Waals surface area contributed by atoms with E-state index in [0.29, 0.717) is 18.1 Å². The molecule has 1 aromatic heterocycles. The predicted octanol–water partition coefficient (Wildman–Crippen LogP) is 2.65. The van der Waals surface area contributed by atoms with Crippen molar-refractivity contribution in [3.63, 3.8) is 0 Å². The van der Waals surface area contributed by atoms with Crippen LogP contribution in [0.2, 0.25) is 0 Å². The lowest BCUT2D eigenvalue weighted by Gasteiger charge is -2.00. The first kappa shape index (κ1) is 11.3. The molecule has 2 heterocycles. The van der Waals surface area contributed by atoms with Crippen molar-refractivity contribution >= 4 is 0 Å². The summed E-state index contributed by atoms with van der Waals surface area (Å²) in [7, 11) is 0. The minimum Gasteiger partial charge on any atom is -0.368 e. The van der Waals surface area contributed by atoms with Gasteiger partial charge in [0.1, 0.15) is 11.9 Å². The Hall–Kier alpha value is -1.75. The van der Waals surface area contributed by atoms with E-state index in [-0.39, 0.29) is 11.9 Å². The molecule has 0 unspecified atom stereocenters. The second kappa shape index (κ2) is 4.86. The van der Waals surface area contributed by atoms with Gasteiger partial charge >= 0.3 is 0 Å². The van der Waals surface area contributed by atoms with Gasteiger partial charge in [-0.15, -0.1) is 0 Å². The van der Waals surface area contributed by atoms with Gasteiger partial charge in [0.2, 0.25) is 0 Å². The zero-order chi connectivity index (χ0) is 12.4. The van der Waals surface area contributed by atoms with Crippen LogP contribution in [0.3, 0.4) is 0 Å². The lowest BCUT2D eigenvalue weighted by molar-refractivity contribution is 0.0835. The Labute approximate surface area is 104 Å². The first-order valence-corrected chi connectivity index (χ1v) is 6.00. The maximum absolute atomic E-state index is 12.8. The fourth-order valence-corrected chi connectivity index (χ4v) is 2.03. The molecule has 4 nitrogen and oxygen atoms in total. The molecule has 18 heavy (non-hydrogen) atoms. The van der Waals surface area contributed by atoms with Crippen LogP contribution < -0.4 is 0 Å². The number of ether oxygens (including phenoxy) is 1. The molecule has 0 bridgehead atoms. The summed E-state index contributed by atoms with van der Waals surface area (Å²) in [6.07, 6.45) is 2.44. The van der Waals surface area contributed by atoms with Crippen molar-refractivity contribution in [2.75, 3.05) is 6.61 Å². The molecule has 0 amide bonds. The highest BCUT2D eigenvalue weighted by Crippen LogP contribution is 2.27. The molecular formula is C13H13FN2O2. The van der Waals surface area contributed by atoms with Crippen LogP contribution in [0.5, 0.6) is 0 Å². The fourth-order valence-electron chi connectivity index (χ4n) is 2.03. The van der Waals surface area contributed by atoms with Gasteiger partial charge in [0.15, 0.2) is 5.82 Å². The van der Waals surface area contributed by atoms with Crippen LogP contribution in [0.4, 0.5) is 4.39 Å². The average molecular weight is 248 g/mol. The van der Waals surface area contributed by atoms with Gasteiger partial charge in [-0.2, -0.15) is 4.98 Å². The topological polar surface area (TPSA) is 48.2 Å². The van der Waals surface area contributed by atoms with Crippen LogP contribution in [0.25, 0.3) is 0 Å². The fraction of sp³-hybridized carbons (Fsp3) is 0.385. The summed E-state index contributed by atoms with van der Waals surface area (Å²) in [5.74, 6) is 0.906. The van der Waals surface area contributed by atoms with Crippen LogP contribution >= 0.6 is 0 Å². The molecule has 0 spiro atoms. The van der Waals surface area contributed by atoms with Crippen molar-refractivity contribution in [3.8, 4) is 0 Å². The van der Waals surface area contributed by atoms with E-state index in [1.807, 2.05) is 0 Å². The third-order valence-corrected chi connectivity index (χ3v) is 2.96. The average Bonchev–Trinajstić information content (AvgIpc) is 3.02. The van der Waals surface area contributed by atoms with Gasteiger partial charge in [-0.25, -0.2) is 4.39 Å².